The molecule has 1 aromatic rings. The first-order valence-electron chi connectivity index (χ1n) is 4.57. The van der Waals surface area contributed by atoms with Crippen molar-refractivity contribution in [2.75, 3.05) is 0 Å². The van der Waals surface area contributed by atoms with Gasteiger partial charge in [0.2, 0.25) is 0 Å². The fourth-order valence-electron chi connectivity index (χ4n) is 1.26. The van der Waals surface area contributed by atoms with Gasteiger partial charge in [0.05, 0.1) is 16.6 Å². The topological polar surface area (TPSA) is 12.9 Å². The Morgan fingerprint density at radius 1 is 1.46 bits per heavy atom. The van der Waals surface area contributed by atoms with Gasteiger partial charge in [0.15, 0.2) is 0 Å². The Bertz CT molecular complexity index is 286. The summed E-state index contributed by atoms with van der Waals surface area (Å²) in [5.41, 5.74) is 0.978. The minimum atomic E-state index is 0.513. The van der Waals surface area contributed by atoms with Crippen molar-refractivity contribution in [3.8, 4) is 0 Å². The number of thioether (sulfide) groups is 1. The number of pyridine rings is 1. The van der Waals surface area contributed by atoms with E-state index in [1.54, 1.807) is 0 Å². The smallest absolute Gasteiger partial charge is 0.0966 e. The molecular formula is C10H12ClNS. The molecule has 70 valence electrons. The van der Waals surface area contributed by atoms with Gasteiger partial charge in [-0.15, -0.1) is 23.4 Å². The van der Waals surface area contributed by atoms with E-state index < -0.39 is 0 Å². The summed E-state index contributed by atoms with van der Waals surface area (Å²) in [6.45, 7) is 0. The molecule has 0 bridgehead atoms. The number of halogens is 1. The van der Waals surface area contributed by atoms with Gasteiger partial charge in [-0.1, -0.05) is 12.5 Å². The second-order valence-corrected chi connectivity index (χ2v) is 4.86. The molecule has 1 aliphatic carbocycles. The summed E-state index contributed by atoms with van der Waals surface area (Å²) < 4.78 is 0. The zero-order valence-corrected chi connectivity index (χ0v) is 8.94. The molecule has 0 aliphatic heterocycles. The van der Waals surface area contributed by atoms with Gasteiger partial charge in [-0.05, 0) is 25.0 Å². The van der Waals surface area contributed by atoms with E-state index in [1.807, 2.05) is 23.9 Å². The van der Waals surface area contributed by atoms with Crippen molar-refractivity contribution in [3.63, 3.8) is 0 Å². The summed E-state index contributed by atoms with van der Waals surface area (Å²) in [6, 6.07) is 6.07. The summed E-state index contributed by atoms with van der Waals surface area (Å²) in [7, 11) is 0. The van der Waals surface area contributed by atoms with Gasteiger partial charge in [-0.25, -0.2) is 4.98 Å². The zero-order chi connectivity index (χ0) is 9.10. The third kappa shape index (κ3) is 2.38. The molecule has 1 heterocycles. The van der Waals surface area contributed by atoms with Crippen LogP contribution in [-0.2, 0) is 5.88 Å². The monoisotopic (exact) mass is 213 g/mol. The molecule has 2 rings (SSSR count). The highest BCUT2D eigenvalue weighted by molar-refractivity contribution is 7.99. The molecule has 1 aliphatic rings. The van der Waals surface area contributed by atoms with E-state index in [-0.39, 0.29) is 0 Å². The number of alkyl halides is 1. The van der Waals surface area contributed by atoms with Crippen molar-refractivity contribution in [1.82, 2.24) is 4.98 Å². The third-order valence-corrected chi connectivity index (χ3v) is 3.81. The normalized spacial score (nSPS) is 17.0. The van der Waals surface area contributed by atoms with E-state index in [1.165, 1.54) is 19.3 Å². The molecule has 0 radical (unpaired) electrons. The first kappa shape index (κ1) is 9.35. The molecule has 1 saturated carbocycles. The fraction of sp³-hybridized carbons (Fsp3) is 0.500. The molecule has 0 N–H and O–H groups in total. The van der Waals surface area contributed by atoms with Crippen molar-refractivity contribution in [2.24, 2.45) is 0 Å². The lowest BCUT2D eigenvalue weighted by atomic mass is 10.0. The van der Waals surface area contributed by atoms with Crippen LogP contribution in [0.4, 0.5) is 0 Å². The van der Waals surface area contributed by atoms with Crippen LogP contribution in [0, 0.1) is 0 Å². The van der Waals surface area contributed by atoms with Crippen LogP contribution in [0.15, 0.2) is 23.2 Å². The molecule has 1 aromatic heterocycles. The lowest BCUT2D eigenvalue weighted by Gasteiger charge is -2.23. The van der Waals surface area contributed by atoms with Crippen LogP contribution in [0.1, 0.15) is 25.0 Å². The second kappa shape index (κ2) is 4.34. The summed E-state index contributed by atoms with van der Waals surface area (Å²) in [4.78, 5) is 4.44. The van der Waals surface area contributed by atoms with Crippen molar-refractivity contribution in [1.29, 1.82) is 0 Å². The molecule has 0 atom stereocenters. The van der Waals surface area contributed by atoms with E-state index in [2.05, 4.69) is 11.1 Å². The van der Waals surface area contributed by atoms with Crippen molar-refractivity contribution < 1.29 is 0 Å². The molecule has 0 unspecified atom stereocenters. The maximum absolute atomic E-state index is 5.71. The Morgan fingerprint density at radius 3 is 2.92 bits per heavy atom. The average molecular weight is 214 g/mol. The minimum absolute atomic E-state index is 0.513. The second-order valence-electron chi connectivity index (χ2n) is 3.27. The number of rotatable bonds is 3. The average Bonchev–Trinajstić information content (AvgIpc) is 2.12. The number of nitrogens with zero attached hydrogens (tertiary/aromatic N) is 1. The van der Waals surface area contributed by atoms with E-state index in [9.17, 15) is 0 Å². The summed E-state index contributed by atoms with van der Waals surface area (Å²) in [6.07, 6.45) is 4.07. The highest BCUT2D eigenvalue weighted by atomic mass is 35.5. The van der Waals surface area contributed by atoms with Gasteiger partial charge in [-0.3, -0.25) is 0 Å². The third-order valence-electron chi connectivity index (χ3n) is 2.26. The lowest BCUT2D eigenvalue weighted by Crippen LogP contribution is -2.13. The molecule has 1 fully saturated rings. The highest BCUT2D eigenvalue weighted by Gasteiger charge is 2.18. The first-order chi connectivity index (χ1) is 6.38. The van der Waals surface area contributed by atoms with Crippen LogP contribution in [0.5, 0.6) is 0 Å². The van der Waals surface area contributed by atoms with E-state index in [4.69, 9.17) is 11.6 Å². The molecule has 1 nitrogen and oxygen atoms in total. The molecule has 3 heteroatoms. The summed E-state index contributed by atoms with van der Waals surface area (Å²) in [5, 5.41) is 1.93. The van der Waals surface area contributed by atoms with Crippen LogP contribution in [0.3, 0.4) is 0 Å². The number of aromatic nitrogens is 1. The lowest BCUT2D eigenvalue weighted by molar-refractivity contribution is 0.521. The number of hydrogen-bond acceptors (Lipinski definition) is 2. The van der Waals surface area contributed by atoms with Gasteiger partial charge in [-0.2, -0.15) is 0 Å². The number of hydrogen-bond donors (Lipinski definition) is 0. The predicted octanol–water partition coefficient (Wildman–Crippen LogP) is 3.47. The van der Waals surface area contributed by atoms with Crippen LogP contribution < -0.4 is 0 Å². The van der Waals surface area contributed by atoms with Crippen LogP contribution in [0.2, 0.25) is 0 Å². The van der Waals surface area contributed by atoms with Gasteiger partial charge >= 0.3 is 0 Å². The Labute approximate surface area is 87.9 Å². The van der Waals surface area contributed by atoms with Crippen molar-refractivity contribution in [3.05, 3.63) is 23.9 Å². The molecule has 0 aromatic carbocycles. The predicted molar refractivity (Wildman–Crippen MR) is 57.3 cm³/mol. The maximum atomic E-state index is 5.71. The first-order valence-corrected chi connectivity index (χ1v) is 5.98. The quantitative estimate of drug-likeness (QED) is 0.714. The molecule has 0 saturated heterocycles. The van der Waals surface area contributed by atoms with E-state index >= 15 is 0 Å². The van der Waals surface area contributed by atoms with Crippen LogP contribution >= 0.6 is 23.4 Å². The largest absolute Gasteiger partial charge is 0.245 e. The van der Waals surface area contributed by atoms with Crippen molar-refractivity contribution in [2.45, 2.75) is 35.4 Å². The standard InChI is InChI=1S/C10H12ClNS/c11-7-8-3-1-6-10(12-8)13-9-4-2-5-9/h1,3,6,9H,2,4-5,7H2. The van der Waals surface area contributed by atoms with E-state index in [0.717, 1.165) is 16.0 Å². The molecular weight excluding hydrogens is 202 g/mol. The van der Waals surface area contributed by atoms with Gasteiger partial charge in [0.25, 0.3) is 0 Å². The Morgan fingerprint density at radius 2 is 2.31 bits per heavy atom. The van der Waals surface area contributed by atoms with Gasteiger partial charge in [0.1, 0.15) is 0 Å². The summed E-state index contributed by atoms with van der Waals surface area (Å²) in [5.74, 6) is 0.513. The van der Waals surface area contributed by atoms with Crippen LogP contribution in [-0.4, -0.2) is 10.2 Å². The van der Waals surface area contributed by atoms with Gasteiger partial charge in [0, 0.05) is 5.25 Å². The Hall–Kier alpha value is -0.210. The molecule has 0 spiro atoms. The highest BCUT2D eigenvalue weighted by Crippen LogP contribution is 2.35. The van der Waals surface area contributed by atoms with Crippen LogP contribution in [0.25, 0.3) is 0 Å². The maximum Gasteiger partial charge on any atom is 0.0966 e. The minimum Gasteiger partial charge on any atom is -0.245 e. The zero-order valence-electron chi connectivity index (χ0n) is 7.37. The Kier molecular flexibility index (Phi) is 3.12. The SMILES string of the molecule is ClCc1cccc(SC2CCC2)n1. The molecule has 13 heavy (non-hydrogen) atoms. The molecule has 0 amide bonds. The Balaban J connectivity index is 2.01. The van der Waals surface area contributed by atoms with Gasteiger partial charge < -0.3 is 0 Å². The van der Waals surface area contributed by atoms with E-state index in [0.29, 0.717) is 5.88 Å². The van der Waals surface area contributed by atoms with Crippen molar-refractivity contribution >= 4 is 23.4 Å². The summed E-state index contributed by atoms with van der Waals surface area (Å²) >= 11 is 7.60. The fourth-order valence-corrected chi connectivity index (χ4v) is 2.64.